The van der Waals surface area contributed by atoms with Crippen LogP contribution in [0, 0.1) is 12.8 Å². The summed E-state index contributed by atoms with van der Waals surface area (Å²) < 4.78 is 2.15. The van der Waals surface area contributed by atoms with Crippen LogP contribution in [-0.2, 0) is 13.1 Å². The smallest absolute Gasteiger partial charge is 0.147 e. The minimum atomic E-state index is 0.302. The molecular formula is C11H20N4O. The maximum atomic E-state index is 9.09. The van der Waals surface area contributed by atoms with E-state index >= 15 is 0 Å². The van der Waals surface area contributed by atoms with Gasteiger partial charge in [0, 0.05) is 19.7 Å². The van der Waals surface area contributed by atoms with E-state index in [1.165, 1.54) is 0 Å². The van der Waals surface area contributed by atoms with Crippen LogP contribution in [0.15, 0.2) is 0 Å². The summed E-state index contributed by atoms with van der Waals surface area (Å²) in [6, 6.07) is 0. The van der Waals surface area contributed by atoms with Gasteiger partial charge in [-0.2, -0.15) is 0 Å². The zero-order valence-corrected chi connectivity index (χ0v) is 10.1. The fraction of sp³-hybridized carbons (Fsp3) is 0.818. The second-order valence-electron chi connectivity index (χ2n) is 4.48. The first-order valence-corrected chi connectivity index (χ1v) is 5.96. The van der Waals surface area contributed by atoms with Crippen molar-refractivity contribution in [1.82, 2.24) is 19.7 Å². The van der Waals surface area contributed by atoms with E-state index in [-0.39, 0.29) is 0 Å². The SMILES string of the molecule is CCn1c(C)nnc1CN1CCC(CO)C1. The number of aliphatic hydroxyl groups is 1. The highest BCUT2D eigenvalue weighted by Crippen LogP contribution is 2.17. The monoisotopic (exact) mass is 224 g/mol. The Morgan fingerprint density at radius 1 is 1.44 bits per heavy atom. The van der Waals surface area contributed by atoms with E-state index in [2.05, 4.69) is 26.6 Å². The van der Waals surface area contributed by atoms with Crippen LogP contribution < -0.4 is 0 Å². The molecule has 2 heterocycles. The van der Waals surface area contributed by atoms with Crippen molar-refractivity contribution in [3.05, 3.63) is 11.6 Å². The van der Waals surface area contributed by atoms with E-state index in [4.69, 9.17) is 5.11 Å². The van der Waals surface area contributed by atoms with Gasteiger partial charge < -0.3 is 9.67 Å². The van der Waals surface area contributed by atoms with Crippen LogP contribution in [0.25, 0.3) is 0 Å². The van der Waals surface area contributed by atoms with Gasteiger partial charge in [-0.15, -0.1) is 10.2 Å². The van der Waals surface area contributed by atoms with Crippen molar-refractivity contribution in [1.29, 1.82) is 0 Å². The first-order valence-electron chi connectivity index (χ1n) is 5.96. The van der Waals surface area contributed by atoms with Crippen LogP contribution in [0.1, 0.15) is 25.0 Å². The van der Waals surface area contributed by atoms with Crippen LogP contribution in [-0.4, -0.2) is 44.5 Å². The van der Waals surface area contributed by atoms with Gasteiger partial charge in [0.1, 0.15) is 11.6 Å². The Morgan fingerprint density at radius 2 is 2.25 bits per heavy atom. The number of aryl methyl sites for hydroxylation is 1. The Kier molecular flexibility index (Phi) is 3.56. The molecule has 1 aliphatic heterocycles. The van der Waals surface area contributed by atoms with Gasteiger partial charge in [-0.05, 0) is 32.7 Å². The first-order chi connectivity index (χ1) is 7.74. The van der Waals surface area contributed by atoms with Crippen LogP contribution in [0.2, 0.25) is 0 Å². The molecule has 2 rings (SSSR count). The molecule has 5 heteroatoms. The predicted molar refractivity (Wildman–Crippen MR) is 60.9 cm³/mol. The molecule has 1 unspecified atom stereocenters. The lowest BCUT2D eigenvalue weighted by Gasteiger charge is -2.15. The predicted octanol–water partition coefficient (Wildman–Crippen LogP) is 0.421. The molecule has 16 heavy (non-hydrogen) atoms. The minimum absolute atomic E-state index is 0.302. The highest BCUT2D eigenvalue weighted by molar-refractivity contribution is 4.94. The summed E-state index contributed by atoms with van der Waals surface area (Å²) in [5.74, 6) is 2.47. The van der Waals surface area contributed by atoms with E-state index in [9.17, 15) is 0 Å². The average molecular weight is 224 g/mol. The fourth-order valence-corrected chi connectivity index (χ4v) is 2.36. The standard InChI is InChI=1S/C11H20N4O/c1-3-15-9(2)12-13-11(15)7-14-5-4-10(6-14)8-16/h10,16H,3-8H2,1-2H3. The van der Waals surface area contributed by atoms with Crippen molar-refractivity contribution in [2.45, 2.75) is 33.4 Å². The normalized spacial score (nSPS) is 21.8. The maximum Gasteiger partial charge on any atom is 0.147 e. The topological polar surface area (TPSA) is 54.2 Å². The van der Waals surface area contributed by atoms with Crippen molar-refractivity contribution >= 4 is 0 Å². The zero-order valence-electron chi connectivity index (χ0n) is 10.1. The number of aromatic nitrogens is 3. The number of nitrogens with zero attached hydrogens (tertiary/aromatic N) is 4. The summed E-state index contributed by atoms with van der Waals surface area (Å²) in [7, 11) is 0. The molecule has 0 saturated carbocycles. The molecule has 5 nitrogen and oxygen atoms in total. The van der Waals surface area contributed by atoms with Crippen LogP contribution in [0.5, 0.6) is 0 Å². The van der Waals surface area contributed by atoms with Gasteiger partial charge in [-0.25, -0.2) is 0 Å². The molecular weight excluding hydrogens is 204 g/mol. The number of rotatable bonds is 4. The number of likely N-dealkylation sites (tertiary alicyclic amines) is 1. The second kappa shape index (κ2) is 4.93. The van der Waals surface area contributed by atoms with Gasteiger partial charge in [-0.3, -0.25) is 4.90 Å². The van der Waals surface area contributed by atoms with Crippen LogP contribution >= 0.6 is 0 Å². The molecule has 0 aliphatic carbocycles. The van der Waals surface area contributed by atoms with Crippen molar-refractivity contribution < 1.29 is 5.11 Å². The largest absolute Gasteiger partial charge is 0.396 e. The van der Waals surface area contributed by atoms with Gasteiger partial charge in [0.25, 0.3) is 0 Å². The van der Waals surface area contributed by atoms with E-state index in [1.807, 2.05) is 6.92 Å². The third kappa shape index (κ3) is 2.25. The lowest BCUT2D eigenvalue weighted by Crippen LogP contribution is -2.23. The molecule has 90 valence electrons. The van der Waals surface area contributed by atoms with Gasteiger partial charge in [0.15, 0.2) is 0 Å². The Hall–Kier alpha value is -0.940. The molecule has 0 bridgehead atoms. The van der Waals surface area contributed by atoms with Crippen LogP contribution in [0.3, 0.4) is 0 Å². The lowest BCUT2D eigenvalue weighted by atomic mass is 10.1. The highest BCUT2D eigenvalue weighted by atomic mass is 16.3. The minimum Gasteiger partial charge on any atom is -0.396 e. The van der Waals surface area contributed by atoms with Crippen LogP contribution in [0.4, 0.5) is 0 Å². The summed E-state index contributed by atoms with van der Waals surface area (Å²) in [5, 5.41) is 17.4. The number of hydrogen-bond donors (Lipinski definition) is 1. The van der Waals surface area contributed by atoms with Crippen molar-refractivity contribution in [3.63, 3.8) is 0 Å². The van der Waals surface area contributed by atoms with Gasteiger partial charge in [0.2, 0.25) is 0 Å². The van der Waals surface area contributed by atoms with Gasteiger partial charge in [0.05, 0.1) is 6.54 Å². The Balaban J connectivity index is 1.99. The second-order valence-corrected chi connectivity index (χ2v) is 4.48. The Labute approximate surface area is 96.1 Å². The van der Waals surface area contributed by atoms with Gasteiger partial charge in [-0.1, -0.05) is 0 Å². The molecule has 1 saturated heterocycles. The maximum absolute atomic E-state index is 9.09. The molecule has 1 aliphatic rings. The molecule has 0 spiro atoms. The summed E-state index contributed by atoms with van der Waals surface area (Å²) >= 11 is 0. The van der Waals surface area contributed by atoms with Crippen molar-refractivity contribution in [3.8, 4) is 0 Å². The molecule has 0 radical (unpaired) electrons. The fourth-order valence-electron chi connectivity index (χ4n) is 2.36. The molecule has 1 aromatic rings. The first kappa shape index (κ1) is 11.5. The Bertz CT molecular complexity index is 350. The summed E-state index contributed by atoms with van der Waals surface area (Å²) in [4.78, 5) is 2.34. The van der Waals surface area contributed by atoms with Crippen molar-refractivity contribution in [2.75, 3.05) is 19.7 Å². The van der Waals surface area contributed by atoms with Crippen molar-refractivity contribution in [2.24, 2.45) is 5.92 Å². The third-order valence-corrected chi connectivity index (χ3v) is 3.32. The quantitative estimate of drug-likeness (QED) is 0.805. The number of hydrogen-bond acceptors (Lipinski definition) is 4. The molecule has 1 atom stereocenters. The highest BCUT2D eigenvalue weighted by Gasteiger charge is 2.23. The summed E-state index contributed by atoms with van der Waals surface area (Å²) in [6.07, 6.45) is 1.09. The average Bonchev–Trinajstić information content (AvgIpc) is 2.86. The molecule has 0 amide bonds. The molecule has 1 fully saturated rings. The third-order valence-electron chi connectivity index (χ3n) is 3.32. The van der Waals surface area contributed by atoms with Gasteiger partial charge >= 0.3 is 0 Å². The van der Waals surface area contributed by atoms with E-state index in [1.54, 1.807) is 0 Å². The zero-order chi connectivity index (χ0) is 11.5. The molecule has 1 N–H and O–H groups in total. The lowest BCUT2D eigenvalue weighted by molar-refractivity contribution is 0.218. The number of aliphatic hydroxyl groups excluding tert-OH is 1. The summed E-state index contributed by atoms with van der Waals surface area (Å²) in [5.41, 5.74) is 0. The Morgan fingerprint density at radius 3 is 2.88 bits per heavy atom. The van der Waals surface area contributed by atoms with E-state index in [0.717, 1.165) is 44.2 Å². The molecule has 1 aromatic heterocycles. The summed E-state index contributed by atoms with van der Waals surface area (Å²) in [6.45, 7) is 8.21. The van der Waals surface area contributed by atoms with E-state index in [0.29, 0.717) is 12.5 Å². The van der Waals surface area contributed by atoms with E-state index < -0.39 is 0 Å². The molecule has 0 aromatic carbocycles.